The van der Waals surface area contributed by atoms with Crippen LogP contribution >= 0.6 is 0 Å². The molecule has 1 saturated heterocycles. The lowest BCUT2D eigenvalue weighted by atomic mass is 10.1. The van der Waals surface area contributed by atoms with Crippen LogP contribution in [0.4, 0.5) is 18.9 Å². The summed E-state index contributed by atoms with van der Waals surface area (Å²) in [4.78, 5) is 3.81. The Hall–Kier alpha value is -1.50. The smallest absolute Gasteiger partial charge is 0.422 e. The number of halogens is 3. The maximum Gasteiger partial charge on any atom is 0.422 e. The summed E-state index contributed by atoms with van der Waals surface area (Å²) < 4.78 is 45.6. The van der Waals surface area contributed by atoms with Gasteiger partial charge in [-0.1, -0.05) is 0 Å². The fraction of sp³-hybridized carbons (Fsp3) is 0.583. The second-order valence-corrected chi connectivity index (χ2v) is 4.40. The molecule has 2 heterocycles. The quantitative estimate of drug-likeness (QED) is 0.897. The van der Waals surface area contributed by atoms with Gasteiger partial charge in [-0.05, 0) is 12.5 Å². The zero-order valence-corrected chi connectivity index (χ0v) is 10.2. The third kappa shape index (κ3) is 4.94. The summed E-state index contributed by atoms with van der Waals surface area (Å²) in [6.07, 6.45) is -1.87. The SMILES string of the molecule is FC(F)(F)COc1ccc(NCC2CCOC2)cn1. The molecule has 1 N–H and O–H groups in total. The summed E-state index contributed by atoms with van der Waals surface area (Å²) >= 11 is 0. The number of anilines is 1. The fourth-order valence-electron chi connectivity index (χ4n) is 1.73. The molecular weight excluding hydrogens is 261 g/mol. The van der Waals surface area contributed by atoms with Gasteiger partial charge in [0.2, 0.25) is 5.88 Å². The monoisotopic (exact) mass is 276 g/mol. The summed E-state index contributed by atoms with van der Waals surface area (Å²) in [6.45, 7) is 0.971. The molecule has 2 rings (SSSR count). The Morgan fingerprint density at radius 3 is 2.84 bits per heavy atom. The molecule has 0 bridgehead atoms. The minimum atomic E-state index is -4.35. The zero-order chi connectivity index (χ0) is 13.7. The Morgan fingerprint density at radius 1 is 1.42 bits per heavy atom. The van der Waals surface area contributed by atoms with E-state index in [2.05, 4.69) is 15.0 Å². The van der Waals surface area contributed by atoms with E-state index in [9.17, 15) is 13.2 Å². The molecule has 19 heavy (non-hydrogen) atoms. The number of nitrogens with one attached hydrogen (secondary N) is 1. The number of rotatable bonds is 5. The lowest BCUT2D eigenvalue weighted by molar-refractivity contribution is -0.154. The number of hydrogen-bond acceptors (Lipinski definition) is 4. The third-order valence-corrected chi connectivity index (χ3v) is 2.74. The average Bonchev–Trinajstić information content (AvgIpc) is 2.87. The standard InChI is InChI=1S/C12H15F3N2O2/c13-12(14,15)8-19-11-2-1-10(6-17-11)16-5-9-3-4-18-7-9/h1-2,6,9,16H,3-5,7-8H2. The summed E-state index contributed by atoms with van der Waals surface area (Å²) in [7, 11) is 0. The Kier molecular flexibility index (Phi) is 4.47. The summed E-state index contributed by atoms with van der Waals surface area (Å²) in [5, 5.41) is 3.17. The van der Waals surface area contributed by atoms with Gasteiger partial charge in [0.1, 0.15) is 0 Å². The highest BCUT2D eigenvalue weighted by Crippen LogP contribution is 2.18. The van der Waals surface area contributed by atoms with E-state index >= 15 is 0 Å². The topological polar surface area (TPSA) is 43.4 Å². The first-order chi connectivity index (χ1) is 9.03. The van der Waals surface area contributed by atoms with Gasteiger partial charge in [0.05, 0.1) is 18.5 Å². The number of pyridine rings is 1. The molecule has 1 fully saturated rings. The Labute approximate surface area is 108 Å². The van der Waals surface area contributed by atoms with Crippen molar-refractivity contribution in [3.05, 3.63) is 18.3 Å². The Balaban J connectivity index is 1.77. The Morgan fingerprint density at radius 2 is 2.26 bits per heavy atom. The molecule has 106 valence electrons. The van der Waals surface area contributed by atoms with Gasteiger partial charge in [-0.3, -0.25) is 0 Å². The van der Waals surface area contributed by atoms with Crippen molar-refractivity contribution in [2.75, 3.05) is 31.7 Å². The van der Waals surface area contributed by atoms with Crippen molar-refractivity contribution in [2.45, 2.75) is 12.6 Å². The number of nitrogens with zero attached hydrogens (tertiary/aromatic N) is 1. The molecule has 1 aromatic heterocycles. The van der Waals surface area contributed by atoms with Gasteiger partial charge in [-0.15, -0.1) is 0 Å². The normalized spacial score (nSPS) is 19.4. The van der Waals surface area contributed by atoms with E-state index in [0.29, 0.717) is 5.92 Å². The highest BCUT2D eigenvalue weighted by Gasteiger charge is 2.28. The van der Waals surface area contributed by atoms with Crippen molar-refractivity contribution in [1.29, 1.82) is 0 Å². The highest BCUT2D eigenvalue weighted by atomic mass is 19.4. The highest BCUT2D eigenvalue weighted by molar-refractivity contribution is 5.42. The number of ether oxygens (including phenoxy) is 2. The van der Waals surface area contributed by atoms with Crippen molar-refractivity contribution in [3.63, 3.8) is 0 Å². The lowest BCUT2D eigenvalue weighted by Crippen LogP contribution is -2.19. The third-order valence-electron chi connectivity index (χ3n) is 2.74. The maximum atomic E-state index is 11.9. The molecule has 1 unspecified atom stereocenters. The molecule has 1 aliphatic heterocycles. The van der Waals surface area contributed by atoms with Gasteiger partial charge in [-0.25, -0.2) is 4.98 Å². The van der Waals surface area contributed by atoms with E-state index in [1.54, 1.807) is 6.07 Å². The van der Waals surface area contributed by atoms with Crippen LogP contribution in [0.5, 0.6) is 5.88 Å². The molecule has 7 heteroatoms. The van der Waals surface area contributed by atoms with Crippen LogP contribution in [0, 0.1) is 5.92 Å². The van der Waals surface area contributed by atoms with Gasteiger partial charge < -0.3 is 14.8 Å². The van der Waals surface area contributed by atoms with E-state index < -0.39 is 12.8 Å². The number of alkyl halides is 3. The first kappa shape index (κ1) is 13.9. The van der Waals surface area contributed by atoms with Gasteiger partial charge in [0, 0.05) is 25.1 Å². The molecule has 1 aliphatic rings. The van der Waals surface area contributed by atoms with Crippen molar-refractivity contribution >= 4 is 5.69 Å². The van der Waals surface area contributed by atoms with Crippen molar-refractivity contribution in [1.82, 2.24) is 4.98 Å². The molecule has 0 aromatic carbocycles. The van der Waals surface area contributed by atoms with Crippen LogP contribution in [-0.4, -0.2) is 37.5 Å². The molecular formula is C12H15F3N2O2. The molecule has 0 radical (unpaired) electrons. The number of aromatic nitrogens is 1. The molecule has 0 amide bonds. The van der Waals surface area contributed by atoms with Crippen molar-refractivity contribution < 1.29 is 22.6 Å². The first-order valence-electron chi connectivity index (χ1n) is 6.00. The van der Waals surface area contributed by atoms with E-state index in [4.69, 9.17) is 4.74 Å². The summed E-state index contributed by atoms with van der Waals surface area (Å²) in [5.41, 5.74) is 0.756. The van der Waals surface area contributed by atoms with Crippen LogP contribution in [0.1, 0.15) is 6.42 Å². The number of hydrogen-bond donors (Lipinski definition) is 1. The van der Waals surface area contributed by atoms with Crippen molar-refractivity contribution in [2.24, 2.45) is 5.92 Å². The second kappa shape index (κ2) is 6.10. The molecule has 0 aliphatic carbocycles. The summed E-state index contributed by atoms with van der Waals surface area (Å²) in [6, 6.07) is 3.06. The van der Waals surface area contributed by atoms with E-state index in [1.165, 1.54) is 12.3 Å². The van der Waals surface area contributed by atoms with Gasteiger partial charge in [-0.2, -0.15) is 13.2 Å². The van der Waals surface area contributed by atoms with Crippen LogP contribution in [0.3, 0.4) is 0 Å². The Bertz CT molecular complexity index is 389. The van der Waals surface area contributed by atoms with Crippen molar-refractivity contribution in [3.8, 4) is 5.88 Å². The predicted octanol–water partition coefficient (Wildman–Crippen LogP) is 2.47. The predicted molar refractivity (Wildman–Crippen MR) is 63.2 cm³/mol. The van der Waals surface area contributed by atoms with E-state index in [1.807, 2.05) is 0 Å². The van der Waals surface area contributed by atoms with Gasteiger partial charge in [0.15, 0.2) is 6.61 Å². The summed E-state index contributed by atoms with van der Waals surface area (Å²) in [5.74, 6) is 0.438. The van der Waals surface area contributed by atoms with Crippen LogP contribution in [0.25, 0.3) is 0 Å². The van der Waals surface area contributed by atoms with Gasteiger partial charge >= 0.3 is 6.18 Å². The second-order valence-electron chi connectivity index (χ2n) is 4.40. The molecule has 1 atom stereocenters. The maximum absolute atomic E-state index is 11.9. The van der Waals surface area contributed by atoms with E-state index in [-0.39, 0.29) is 5.88 Å². The minimum absolute atomic E-state index is 0.0351. The largest absolute Gasteiger partial charge is 0.468 e. The van der Waals surface area contributed by atoms with Crippen LogP contribution < -0.4 is 10.1 Å². The van der Waals surface area contributed by atoms with Crippen LogP contribution in [0.2, 0.25) is 0 Å². The van der Waals surface area contributed by atoms with Crippen LogP contribution in [-0.2, 0) is 4.74 Å². The zero-order valence-electron chi connectivity index (χ0n) is 10.2. The fourth-order valence-corrected chi connectivity index (χ4v) is 1.73. The minimum Gasteiger partial charge on any atom is -0.468 e. The molecule has 0 spiro atoms. The molecule has 4 nitrogen and oxygen atoms in total. The molecule has 1 aromatic rings. The lowest BCUT2D eigenvalue weighted by Gasteiger charge is -2.11. The first-order valence-corrected chi connectivity index (χ1v) is 6.00. The average molecular weight is 276 g/mol. The van der Waals surface area contributed by atoms with E-state index in [0.717, 1.165) is 31.9 Å². The molecule has 0 saturated carbocycles. The van der Waals surface area contributed by atoms with Crippen LogP contribution in [0.15, 0.2) is 18.3 Å². The van der Waals surface area contributed by atoms with Gasteiger partial charge in [0.25, 0.3) is 0 Å².